The molecule has 2 rings (SSSR count). The van der Waals surface area contributed by atoms with E-state index in [9.17, 15) is 9.59 Å². The van der Waals surface area contributed by atoms with E-state index in [1.807, 2.05) is 25.1 Å². The van der Waals surface area contributed by atoms with Crippen LogP contribution in [0.3, 0.4) is 0 Å². The van der Waals surface area contributed by atoms with Crippen LogP contribution in [-0.2, 0) is 11.2 Å². The lowest BCUT2D eigenvalue weighted by atomic mass is 10.1. The molecule has 0 saturated heterocycles. The molecule has 4 nitrogen and oxygen atoms in total. The molecule has 0 spiro atoms. The van der Waals surface area contributed by atoms with Gasteiger partial charge in [0.25, 0.3) is 0 Å². The van der Waals surface area contributed by atoms with Gasteiger partial charge in [0, 0.05) is 22.7 Å². The summed E-state index contributed by atoms with van der Waals surface area (Å²) in [6.45, 7) is 1.93. The van der Waals surface area contributed by atoms with Gasteiger partial charge in [-0.25, -0.2) is 0 Å². The Balaban J connectivity index is 2.64. The van der Waals surface area contributed by atoms with Gasteiger partial charge in [0.05, 0.1) is 6.42 Å². The molecular weight excluding hydrogens is 204 g/mol. The van der Waals surface area contributed by atoms with Gasteiger partial charge < -0.3 is 10.7 Å². The number of H-pyrrole nitrogens is 1. The number of hydrogen-bond donors (Lipinski definition) is 2. The van der Waals surface area contributed by atoms with E-state index in [4.69, 9.17) is 5.73 Å². The van der Waals surface area contributed by atoms with Crippen LogP contribution in [0, 0.1) is 6.92 Å². The zero-order chi connectivity index (χ0) is 11.7. The van der Waals surface area contributed by atoms with Crippen molar-refractivity contribution in [2.75, 3.05) is 0 Å². The SMILES string of the molecule is Cc1ccc2[nH]c(CC(N)=O)cc(=O)c2c1. The van der Waals surface area contributed by atoms with E-state index in [1.54, 1.807) is 0 Å². The summed E-state index contributed by atoms with van der Waals surface area (Å²) in [5.74, 6) is -0.456. The first-order chi connectivity index (χ1) is 7.56. The summed E-state index contributed by atoms with van der Waals surface area (Å²) in [5, 5.41) is 0.633. The number of pyridine rings is 1. The number of benzene rings is 1. The van der Waals surface area contributed by atoms with Crippen LogP contribution in [0.1, 0.15) is 11.3 Å². The Morgan fingerprint density at radius 1 is 1.38 bits per heavy atom. The maximum atomic E-state index is 11.8. The lowest BCUT2D eigenvalue weighted by molar-refractivity contribution is -0.117. The van der Waals surface area contributed by atoms with Crippen molar-refractivity contribution in [1.29, 1.82) is 0 Å². The molecule has 1 aromatic carbocycles. The van der Waals surface area contributed by atoms with Crippen molar-refractivity contribution in [1.82, 2.24) is 4.98 Å². The number of aromatic amines is 1. The average molecular weight is 216 g/mol. The van der Waals surface area contributed by atoms with Crippen LogP contribution in [0.4, 0.5) is 0 Å². The molecule has 0 aliphatic heterocycles. The molecular formula is C12H12N2O2. The predicted molar refractivity (Wildman–Crippen MR) is 62.2 cm³/mol. The second kappa shape index (κ2) is 3.81. The molecule has 0 atom stereocenters. The highest BCUT2D eigenvalue weighted by Gasteiger charge is 2.04. The number of amides is 1. The van der Waals surface area contributed by atoms with E-state index < -0.39 is 5.91 Å². The molecule has 0 fully saturated rings. The Labute approximate surface area is 92.1 Å². The second-order valence-electron chi connectivity index (χ2n) is 3.85. The van der Waals surface area contributed by atoms with Crippen LogP contribution in [0.15, 0.2) is 29.1 Å². The summed E-state index contributed by atoms with van der Waals surface area (Å²) in [6.07, 6.45) is 0.0546. The van der Waals surface area contributed by atoms with Gasteiger partial charge in [-0.15, -0.1) is 0 Å². The molecule has 0 radical (unpaired) electrons. The highest BCUT2D eigenvalue weighted by Crippen LogP contribution is 2.10. The smallest absolute Gasteiger partial charge is 0.223 e. The summed E-state index contributed by atoms with van der Waals surface area (Å²) in [6, 6.07) is 6.98. The number of rotatable bonds is 2. The van der Waals surface area contributed by atoms with Gasteiger partial charge in [-0.3, -0.25) is 9.59 Å². The molecule has 82 valence electrons. The van der Waals surface area contributed by atoms with Crippen LogP contribution in [0.2, 0.25) is 0 Å². The number of aryl methyl sites for hydroxylation is 1. The summed E-state index contributed by atoms with van der Waals surface area (Å²) < 4.78 is 0. The molecule has 1 amide bonds. The molecule has 1 heterocycles. The Kier molecular flexibility index (Phi) is 2.48. The highest BCUT2D eigenvalue weighted by molar-refractivity contribution is 5.81. The minimum atomic E-state index is -0.456. The van der Waals surface area contributed by atoms with E-state index >= 15 is 0 Å². The Hall–Kier alpha value is -2.10. The molecule has 2 aromatic rings. The van der Waals surface area contributed by atoms with Gasteiger partial charge in [-0.2, -0.15) is 0 Å². The van der Waals surface area contributed by atoms with Gasteiger partial charge in [0.15, 0.2) is 5.43 Å². The van der Waals surface area contributed by atoms with Gasteiger partial charge in [-0.1, -0.05) is 11.6 Å². The Bertz CT molecular complexity index is 614. The summed E-state index contributed by atoms with van der Waals surface area (Å²) >= 11 is 0. The minimum absolute atomic E-state index is 0.0546. The standard InChI is InChI=1S/C12H12N2O2/c1-7-2-3-10-9(4-7)11(15)5-8(14-10)6-12(13)16/h2-5H,6H2,1H3,(H2,13,16)(H,14,15). The van der Waals surface area contributed by atoms with Crippen molar-refractivity contribution in [2.24, 2.45) is 5.73 Å². The first-order valence-corrected chi connectivity index (χ1v) is 4.97. The van der Waals surface area contributed by atoms with E-state index in [1.165, 1.54) is 6.07 Å². The number of hydrogen-bond acceptors (Lipinski definition) is 2. The lowest BCUT2D eigenvalue weighted by Crippen LogP contribution is -2.16. The van der Waals surface area contributed by atoms with Crippen LogP contribution in [0.5, 0.6) is 0 Å². The van der Waals surface area contributed by atoms with Crippen molar-refractivity contribution in [3.63, 3.8) is 0 Å². The zero-order valence-electron chi connectivity index (χ0n) is 8.91. The van der Waals surface area contributed by atoms with Crippen molar-refractivity contribution in [3.8, 4) is 0 Å². The third-order valence-electron chi connectivity index (χ3n) is 2.41. The summed E-state index contributed by atoms with van der Waals surface area (Å²) in [4.78, 5) is 25.6. The first-order valence-electron chi connectivity index (χ1n) is 4.97. The number of carbonyl (C=O) groups is 1. The minimum Gasteiger partial charge on any atom is -0.369 e. The quantitative estimate of drug-likeness (QED) is 0.781. The number of carbonyl (C=O) groups excluding carboxylic acids is 1. The van der Waals surface area contributed by atoms with E-state index in [0.717, 1.165) is 11.1 Å². The number of primary amides is 1. The molecule has 1 aromatic heterocycles. The van der Waals surface area contributed by atoms with Crippen LogP contribution < -0.4 is 11.2 Å². The summed E-state index contributed by atoms with van der Waals surface area (Å²) in [5.41, 5.74) is 7.30. The van der Waals surface area contributed by atoms with Gasteiger partial charge in [0.2, 0.25) is 5.91 Å². The average Bonchev–Trinajstić information content (AvgIpc) is 2.18. The van der Waals surface area contributed by atoms with Crippen molar-refractivity contribution in [2.45, 2.75) is 13.3 Å². The number of nitrogens with two attached hydrogens (primary N) is 1. The maximum absolute atomic E-state index is 11.8. The molecule has 16 heavy (non-hydrogen) atoms. The Morgan fingerprint density at radius 2 is 2.12 bits per heavy atom. The molecule has 3 N–H and O–H groups in total. The first kappa shape index (κ1) is 10.4. The van der Waals surface area contributed by atoms with Crippen LogP contribution in [-0.4, -0.2) is 10.9 Å². The van der Waals surface area contributed by atoms with Gasteiger partial charge in [-0.05, 0) is 19.1 Å². The van der Waals surface area contributed by atoms with E-state index in [0.29, 0.717) is 11.1 Å². The molecule has 0 saturated carbocycles. The van der Waals surface area contributed by atoms with E-state index in [-0.39, 0.29) is 11.8 Å². The molecule has 0 bridgehead atoms. The van der Waals surface area contributed by atoms with E-state index in [2.05, 4.69) is 4.98 Å². The molecule has 4 heteroatoms. The van der Waals surface area contributed by atoms with Gasteiger partial charge in [0.1, 0.15) is 0 Å². The number of aromatic nitrogens is 1. The van der Waals surface area contributed by atoms with Gasteiger partial charge >= 0.3 is 0 Å². The van der Waals surface area contributed by atoms with Crippen molar-refractivity contribution >= 4 is 16.8 Å². The zero-order valence-corrected chi connectivity index (χ0v) is 8.91. The molecule has 0 unspecified atom stereocenters. The topological polar surface area (TPSA) is 76.0 Å². The fraction of sp³-hybridized carbons (Fsp3) is 0.167. The maximum Gasteiger partial charge on any atom is 0.223 e. The van der Waals surface area contributed by atoms with Crippen LogP contribution in [0.25, 0.3) is 10.9 Å². The highest BCUT2D eigenvalue weighted by atomic mass is 16.1. The molecule has 0 aliphatic carbocycles. The largest absolute Gasteiger partial charge is 0.369 e. The second-order valence-corrected chi connectivity index (χ2v) is 3.85. The number of nitrogens with one attached hydrogen (secondary N) is 1. The monoisotopic (exact) mass is 216 g/mol. The predicted octanol–water partition coefficient (Wildman–Crippen LogP) is 0.864. The fourth-order valence-electron chi connectivity index (χ4n) is 1.70. The fourth-order valence-corrected chi connectivity index (χ4v) is 1.70. The van der Waals surface area contributed by atoms with Crippen molar-refractivity contribution < 1.29 is 4.79 Å². The lowest BCUT2D eigenvalue weighted by Gasteiger charge is -2.03. The third kappa shape index (κ3) is 1.95. The Morgan fingerprint density at radius 3 is 2.81 bits per heavy atom. The molecule has 0 aliphatic rings. The van der Waals surface area contributed by atoms with Crippen molar-refractivity contribution in [3.05, 3.63) is 45.7 Å². The number of fused-ring (bicyclic) bond motifs is 1. The van der Waals surface area contributed by atoms with Crippen LogP contribution >= 0.6 is 0 Å². The normalized spacial score (nSPS) is 10.6. The third-order valence-corrected chi connectivity index (χ3v) is 2.41. The summed E-state index contributed by atoms with van der Waals surface area (Å²) in [7, 11) is 0.